The van der Waals surface area contributed by atoms with Crippen LogP contribution in [0.1, 0.15) is 33.1 Å². The number of hydrogen-bond acceptors (Lipinski definition) is 2. The van der Waals surface area contributed by atoms with Crippen molar-refractivity contribution >= 4 is 24.8 Å². The summed E-state index contributed by atoms with van der Waals surface area (Å²) in [6.07, 6.45) is 3.77. The van der Waals surface area contributed by atoms with E-state index in [-0.39, 0.29) is 24.8 Å². The molecule has 1 aliphatic carbocycles. The zero-order valence-corrected chi connectivity index (χ0v) is 8.73. The maximum Gasteiger partial charge on any atom is 0.0215 e. The molecule has 0 heterocycles. The Hall–Kier alpha value is 0.500. The summed E-state index contributed by atoms with van der Waals surface area (Å²) in [7, 11) is 0. The van der Waals surface area contributed by atoms with Crippen LogP contribution in [0.25, 0.3) is 0 Å². The smallest absolute Gasteiger partial charge is 0.0215 e. The summed E-state index contributed by atoms with van der Waals surface area (Å²) in [5, 5.41) is 0. The molecule has 0 saturated heterocycles. The van der Waals surface area contributed by atoms with E-state index in [0.29, 0.717) is 11.5 Å². The predicted molar refractivity (Wildman–Crippen MR) is 53.2 cm³/mol. The molecule has 0 radical (unpaired) electrons. The Balaban J connectivity index is 0. The minimum absolute atomic E-state index is 0. The molecule has 4 heteroatoms. The third kappa shape index (κ3) is 4.16. The minimum Gasteiger partial charge on any atom is -0.271 e. The second-order valence-electron chi connectivity index (χ2n) is 3.77. The Morgan fingerprint density at radius 1 is 1.36 bits per heavy atom. The molecule has 0 aliphatic heterocycles. The van der Waals surface area contributed by atoms with Gasteiger partial charge in [-0.05, 0) is 24.7 Å². The summed E-state index contributed by atoms with van der Waals surface area (Å²) < 4.78 is 0. The molecule has 2 nitrogen and oxygen atoms in total. The topological polar surface area (TPSA) is 38.0 Å². The van der Waals surface area contributed by atoms with Crippen molar-refractivity contribution in [3.63, 3.8) is 0 Å². The van der Waals surface area contributed by atoms with Gasteiger partial charge in [0.15, 0.2) is 0 Å². The first-order valence-electron chi connectivity index (χ1n) is 3.60. The third-order valence-corrected chi connectivity index (χ3v) is 2.20. The van der Waals surface area contributed by atoms with E-state index < -0.39 is 0 Å². The van der Waals surface area contributed by atoms with E-state index in [2.05, 4.69) is 19.3 Å². The van der Waals surface area contributed by atoms with Crippen LogP contribution in [0, 0.1) is 5.41 Å². The fourth-order valence-electron chi connectivity index (χ4n) is 1.58. The van der Waals surface area contributed by atoms with Crippen molar-refractivity contribution in [3.8, 4) is 0 Å². The van der Waals surface area contributed by atoms with E-state index in [1.54, 1.807) is 0 Å². The summed E-state index contributed by atoms with van der Waals surface area (Å²) >= 11 is 0. The molecule has 0 aromatic rings. The highest BCUT2D eigenvalue weighted by molar-refractivity contribution is 5.85. The Morgan fingerprint density at radius 2 is 1.91 bits per heavy atom. The van der Waals surface area contributed by atoms with Crippen molar-refractivity contribution < 1.29 is 0 Å². The maximum absolute atomic E-state index is 5.30. The van der Waals surface area contributed by atoms with Crippen molar-refractivity contribution in [2.24, 2.45) is 11.3 Å². The van der Waals surface area contributed by atoms with Gasteiger partial charge in [0.05, 0.1) is 0 Å². The van der Waals surface area contributed by atoms with Crippen LogP contribution in [0.3, 0.4) is 0 Å². The standard InChI is InChI=1S/C7H16N2.2ClH/c1-7(2)4-3-6(5-7)9-8;;/h6,9H,3-5,8H2,1-2H3;2*1H. The molecule has 0 spiro atoms. The number of nitrogens with one attached hydrogen (secondary N) is 1. The van der Waals surface area contributed by atoms with E-state index in [4.69, 9.17) is 5.84 Å². The van der Waals surface area contributed by atoms with Crippen LogP contribution in [0.2, 0.25) is 0 Å². The molecule has 3 N–H and O–H groups in total. The van der Waals surface area contributed by atoms with E-state index in [1.165, 1.54) is 19.3 Å². The molecule has 0 aromatic carbocycles. The van der Waals surface area contributed by atoms with Crippen molar-refractivity contribution in [1.29, 1.82) is 0 Å². The van der Waals surface area contributed by atoms with Crippen LogP contribution >= 0.6 is 24.8 Å². The van der Waals surface area contributed by atoms with Crippen molar-refractivity contribution in [1.82, 2.24) is 5.43 Å². The fourth-order valence-corrected chi connectivity index (χ4v) is 1.58. The van der Waals surface area contributed by atoms with Gasteiger partial charge in [-0.2, -0.15) is 0 Å². The highest BCUT2D eigenvalue weighted by atomic mass is 35.5. The molecule has 1 unspecified atom stereocenters. The number of halogens is 2. The summed E-state index contributed by atoms with van der Waals surface area (Å²) in [6.45, 7) is 4.59. The Labute approximate surface area is 81.1 Å². The van der Waals surface area contributed by atoms with Gasteiger partial charge in [0.1, 0.15) is 0 Å². The van der Waals surface area contributed by atoms with Gasteiger partial charge in [0.2, 0.25) is 0 Å². The second kappa shape index (κ2) is 5.20. The lowest BCUT2D eigenvalue weighted by Gasteiger charge is -2.16. The van der Waals surface area contributed by atoms with Crippen molar-refractivity contribution in [3.05, 3.63) is 0 Å². The summed E-state index contributed by atoms with van der Waals surface area (Å²) in [4.78, 5) is 0. The summed E-state index contributed by atoms with van der Waals surface area (Å²) in [5.74, 6) is 5.30. The van der Waals surface area contributed by atoms with Crippen molar-refractivity contribution in [2.45, 2.75) is 39.2 Å². The highest BCUT2D eigenvalue weighted by Gasteiger charge is 2.29. The Kier molecular flexibility index (Phi) is 6.64. The summed E-state index contributed by atoms with van der Waals surface area (Å²) in [6, 6.07) is 0.569. The molecule has 11 heavy (non-hydrogen) atoms. The lowest BCUT2D eigenvalue weighted by molar-refractivity contribution is 0.366. The van der Waals surface area contributed by atoms with E-state index in [1.807, 2.05) is 0 Å². The third-order valence-electron chi connectivity index (χ3n) is 2.20. The molecule has 0 amide bonds. The maximum atomic E-state index is 5.30. The van der Waals surface area contributed by atoms with Gasteiger partial charge >= 0.3 is 0 Å². The van der Waals surface area contributed by atoms with Crippen LogP contribution in [-0.4, -0.2) is 6.04 Å². The molecular weight excluding hydrogens is 183 g/mol. The number of nitrogens with two attached hydrogens (primary N) is 1. The second-order valence-corrected chi connectivity index (χ2v) is 3.77. The number of rotatable bonds is 1. The van der Waals surface area contributed by atoms with E-state index >= 15 is 0 Å². The first-order valence-corrected chi connectivity index (χ1v) is 3.60. The van der Waals surface area contributed by atoms with Gasteiger partial charge in [-0.1, -0.05) is 13.8 Å². The Morgan fingerprint density at radius 3 is 2.09 bits per heavy atom. The fraction of sp³-hybridized carbons (Fsp3) is 1.00. The Bertz CT molecular complexity index is 107. The molecule has 0 bridgehead atoms. The number of hydrogen-bond donors (Lipinski definition) is 2. The molecular formula is C7H18Cl2N2. The van der Waals surface area contributed by atoms with Gasteiger partial charge in [-0.15, -0.1) is 24.8 Å². The van der Waals surface area contributed by atoms with E-state index in [0.717, 1.165) is 0 Å². The van der Waals surface area contributed by atoms with Gasteiger partial charge < -0.3 is 0 Å². The first-order chi connectivity index (χ1) is 4.14. The largest absolute Gasteiger partial charge is 0.271 e. The zero-order valence-electron chi connectivity index (χ0n) is 7.09. The predicted octanol–water partition coefficient (Wildman–Crippen LogP) is 1.87. The zero-order chi connectivity index (χ0) is 6.91. The normalized spacial score (nSPS) is 27.0. The lowest BCUT2D eigenvalue weighted by atomic mass is 9.92. The molecule has 1 saturated carbocycles. The SMILES string of the molecule is CC1(C)CCC(NN)C1.Cl.Cl. The molecule has 1 rings (SSSR count). The average Bonchev–Trinajstić information content (AvgIpc) is 2.10. The molecule has 1 aliphatic rings. The summed E-state index contributed by atoms with van der Waals surface area (Å²) in [5.41, 5.74) is 3.34. The number of hydrazine groups is 1. The quantitative estimate of drug-likeness (QED) is 0.502. The highest BCUT2D eigenvalue weighted by Crippen LogP contribution is 2.36. The first kappa shape index (κ1) is 14.0. The van der Waals surface area contributed by atoms with Gasteiger partial charge in [-0.25, -0.2) is 0 Å². The minimum atomic E-state index is 0. The van der Waals surface area contributed by atoms with Crippen LogP contribution in [-0.2, 0) is 0 Å². The molecule has 0 aromatic heterocycles. The van der Waals surface area contributed by atoms with Crippen LogP contribution < -0.4 is 11.3 Å². The lowest BCUT2D eigenvalue weighted by Crippen LogP contribution is -2.33. The van der Waals surface area contributed by atoms with Gasteiger partial charge in [0.25, 0.3) is 0 Å². The van der Waals surface area contributed by atoms with E-state index in [9.17, 15) is 0 Å². The van der Waals surface area contributed by atoms with Crippen LogP contribution in [0.4, 0.5) is 0 Å². The van der Waals surface area contributed by atoms with Gasteiger partial charge in [0, 0.05) is 6.04 Å². The molecule has 70 valence electrons. The average molecular weight is 201 g/mol. The van der Waals surface area contributed by atoms with Crippen molar-refractivity contribution in [2.75, 3.05) is 0 Å². The molecule has 1 atom stereocenters. The monoisotopic (exact) mass is 200 g/mol. The molecule has 1 fully saturated rings. The van der Waals surface area contributed by atoms with Crippen LogP contribution in [0.15, 0.2) is 0 Å². The van der Waals surface area contributed by atoms with Gasteiger partial charge in [-0.3, -0.25) is 11.3 Å². The van der Waals surface area contributed by atoms with Crippen LogP contribution in [0.5, 0.6) is 0 Å².